The van der Waals surface area contributed by atoms with E-state index in [0.29, 0.717) is 28.7 Å². The van der Waals surface area contributed by atoms with Crippen LogP contribution in [0.25, 0.3) is 50.5 Å². The van der Waals surface area contributed by atoms with E-state index in [0.717, 1.165) is 33.2 Å². The molecule has 0 aliphatic heterocycles. The van der Waals surface area contributed by atoms with Crippen LogP contribution in [0.2, 0.25) is 0 Å². The van der Waals surface area contributed by atoms with Crippen molar-refractivity contribution in [3.63, 3.8) is 0 Å². The molecule has 0 atom stereocenters. The first-order valence-corrected chi connectivity index (χ1v) is 10.6. The van der Waals surface area contributed by atoms with Crippen LogP contribution < -0.4 is 10.5 Å². The number of nitrogen functional groups attached to an aromatic ring is 1. The molecule has 0 saturated carbocycles. The number of nitrogens with zero attached hydrogens (tertiary/aromatic N) is 8. The molecule has 10 heteroatoms. The van der Waals surface area contributed by atoms with Crippen LogP contribution in [0.1, 0.15) is 0 Å². The number of methoxy groups -OCH3 is 1. The van der Waals surface area contributed by atoms with Crippen LogP contribution in [-0.4, -0.2) is 47.1 Å². The molecule has 6 rings (SSSR count). The Bertz CT molecular complexity index is 1670. The molecule has 0 spiro atoms. The maximum atomic E-state index is 6.51. The van der Waals surface area contributed by atoms with Crippen LogP contribution in [0, 0.1) is 0 Å². The largest absolute Gasteiger partial charge is 0.497 e. The Morgan fingerprint density at radius 1 is 0.824 bits per heavy atom. The third kappa shape index (κ3) is 3.04. The first kappa shape index (κ1) is 19.8. The van der Waals surface area contributed by atoms with Gasteiger partial charge in [0.1, 0.15) is 11.4 Å². The fourth-order valence-corrected chi connectivity index (χ4v) is 4.10. The summed E-state index contributed by atoms with van der Waals surface area (Å²) in [4.78, 5) is 1.42. The average molecular weight is 449 g/mol. The van der Waals surface area contributed by atoms with Gasteiger partial charge in [0.05, 0.1) is 14.2 Å². The predicted octanol–water partition coefficient (Wildman–Crippen LogP) is 3.39. The lowest BCUT2D eigenvalue weighted by atomic mass is 9.98. The third-order valence-electron chi connectivity index (χ3n) is 5.69. The summed E-state index contributed by atoms with van der Waals surface area (Å²) in [5.74, 6) is 1.84. The normalized spacial score (nSPS) is 11.4. The number of hydrogen-bond acceptors (Lipinski definition) is 8. The van der Waals surface area contributed by atoms with Crippen LogP contribution in [-0.2, 0) is 7.05 Å². The van der Waals surface area contributed by atoms with Crippen LogP contribution in [0.3, 0.4) is 0 Å². The van der Waals surface area contributed by atoms with Crippen molar-refractivity contribution in [2.45, 2.75) is 0 Å². The number of ether oxygens (including phenoxy) is 1. The van der Waals surface area contributed by atoms with Gasteiger partial charge in [-0.3, -0.25) is 0 Å². The minimum absolute atomic E-state index is 0.468. The summed E-state index contributed by atoms with van der Waals surface area (Å²) in [6.45, 7) is 0. The van der Waals surface area contributed by atoms with Gasteiger partial charge < -0.3 is 10.5 Å². The van der Waals surface area contributed by atoms with Gasteiger partial charge in [0, 0.05) is 33.2 Å². The van der Waals surface area contributed by atoms with E-state index in [2.05, 4.69) is 25.6 Å². The quantitative estimate of drug-likeness (QED) is 0.407. The van der Waals surface area contributed by atoms with Gasteiger partial charge in [-0.2, -0.15) is 14.4 Å². The fourth-order valence-electron chi connectivity index (χ4n) is 4.10. The van der Waals surface area contributed by atoms with Gasteiger partial charge >= 0.3 is 0 Å². The van der Waals surface area contributed by atoms with E-state index < -0.39 is 0 Å². The average Bonchev–Trinajstić information content (AvgIpc) is 3.50. The molecule has 34 heavy (non-hydrogen) atoms. The van der Waals surface area contributed by atoms with Gasteiger partial charge in [-0.05, 0) is 35.5 Å². The highest BCUT2D eigenvalue weighted by atomic mass is 16.5. The van der Waals surface area contributed by atoms with E-state index >= 15 is 0 Å². The number of nitrogens with two attached hydrogens (primary N) is 1. The Kier molecular flexibility index (Phi) is 4.44. The van der Waals surface area contributed by atoms with Gasteiger partial charge in [-0.25, -0.2) is 0 Å². The standard InChI is InChI=1S/C24H19N9O/c1-32-30-22(26-31-32)18-8-5-9-19(25)20(18)21-16-6-3-4-7-17(16)24-28-27-23(33(24)29-21)14-10-12-15(34-2)13-11-14/h3-13H,25H2,1-2H3. The molecule has 3 aromatic carbocycles. The lowest BCUT2D eigenvalue weighted by Gasteiger charge is -2.13. The highest BCUT2D eigenvalue weighted by Gasteiger charge is 2.21. The van der Waals surface area contributed by atoms with Gasteiger partial charge in [0.2, 0.25) is 5.82 Å². The minimum atomic E-state index is 0.468. The molecule has 0 aliphatic carbocycles. The first-order chi connectivity index (χ1) is 16.6. The number of hydrogen-bond donors (Lipinski definition) is 1. The topological polar surface area (TPSA) is 122 Å². The Balaban J connectivity index is 1.67. The monoisotopic (exact) mass is 449 g/mol. The van der Waals surface area contributed by atoms with Gasteiger partial charge in [-0.15, -0.1) is 20.4 Å². The summed E-state index contributed by atoms with van der Waals surface area (Å²) in [5, 5.41) is 28.3. The zero-order valence-corrected chi connectivity index (χ0v) is 18.4. The van der Waals surface area contributed by atoms with E-state index in [-0.39, 0.29) is 0 Å². The van der Waals surface area contributed by atoms with E-state index in [9.17, 15) is 0 Å². The smallest absolute Gasteiger partial charge is 0.205 e. The molecule has 3 heterocycles. The molecule has 0 radical (unpaired) electrons. The van der Waals surface area contributed by atoms with Crippen molar-refractivity contribution in [3.05, 3.63) is 66.7 Å². The van der Waals surface area contributed by atoms with Crippen LogP contribution in [0.4, 0.5) is 5.69 Å². The molecule has 0 bridgehead atoms. The second-order valence-corrected chi connectivity index (χ2v) is 7.75. The van der Waals surface area contributed by atoms with Crippen molar-refractivity contribution in [2.75, 3.05) is 12.8 Å². The molecule has 0 saturated heterocycles. The van der Waals surface area contributed by atoms with Crippen LogP contribution >= 0.6 is 0 Å². The fraction of sp³-hybridized carbons (Fsp3) is 0.0833. The number of anilines is 1. The predicted molar refractivity (Wildman–Crippen MR) is 128 cm³/mol. The summed E-state index contributed by atoms with van der Waals surface area (Å²) in [5.41, 5.74) is 10.7. The van der Waals surface area contributed by atoms with Crippen molar-refractivity contribution >= 4 is 22.1 Å². The molecule has 2 N–H and O–H groups in total. The maximum absolute atomic E-state index is 6.51. The van der Waals surface area contributed by atoms with E-state index in [1.54, 1.807) is 18.7 Å². The lowest BCUT2D eigenvalue weighted by molar-refractivity contribution is 0.415. The summed E-state index contributed by atoms with van der Waals surface area (Å²) in [6.07, 6.45) is 0. The maximum Gasteiger partial charge on any atom is 0.205 e. The molecular weight excluding hydrogens is 430 g/mol. The Labute approximate surface area is 193 Å². The third-order valence-corrected chi connectivity index (χ3v) is 5.69. The lowest BCUT2D eigenvalue weighted by Crippen LogP contribution is -2.03. The minimum Gasteiger partial charge on any atom is -0.497 e. The molecular formula is C24H19N9O. The first-order valence-electron chi connectivity index (χ1n) is 10.6. The summed E-state index contributed by atoms with van der Waals surface area (Å²) in [6, 6.07) is 21.2. The number of rotatable bonds is 4. The number of benzene rings is 3. The van der Waals surface area contributed by atoms with Crippen molar-refractivity contribution in [1.29, 1.82) is 0 Å². The number of tetrazole rings is 1. The van der Waals surface area contributed by atoms with Crippen molar-refractivity contribution in [2.24, 2.45) is 7.05 Å². The van der Waals surface area contributed by atoms with Crippen molar-refractivity contribution < 1.29 is 4.74 Å². The van der Waals surface area contributed by atoms with E-state index in [1.165, 1.54) is 4.80 Å². The number of fused-ring (bicyclic) bond motifs is 3. The molecule has 0 unspecified atom stereocenters. The van der Waals surface area contributed by atoms with E-state index in [4.69, 9.17) is 15.6 Å². The van der Waals surface area contributed by atoms with Gasteiger partial charge in [0.15, 0.2) is 11.5 Å². The molecule has 0 fully saturated rings. The molecule has 3 aromatic heterocycles. The molecule has 0 aliphatic rings. The van der Waals surface area contributed by atoms with Crippen molar-refractivity contribution in [3.8, 4) is 39.8 Å². The highest BCUT2D eigenvalue weighted by Crippen LogP contribution is 2.38. The Morgan fingerprint density at radius 2 is 1.62 bits per heavy atom. The Morgan fingerprint density at radius 3 is 2.35 bits per heavy atom. The zero-order valence-electron chi connectivity index (χ0n) is 18.4. The SMILES string of the molecule is COc1ccc(-c2nnc3c4ccccc4c(-c4c(N)cccc4-c4nnn(C)n4)nn23)cc1. The molecule has 0 amide bonds. The summed E-state index contributed by atoms with van der Waals surface area (Å²) >= 11 is 0. The summed E-state index contributed by atoms with van der Waals surface area (Å²) in [7, 11) is 3.36. The Hall–Kier alpha value is -4.86. The van der Waals surface area contributed by atoms with Crippen LogP contribution in [0.15, 0.2) is 66.7 Å². The zero-order chi connectivity index (χ0) is 23.2. The summed E-state index contributed by atoms with van der Waals surface area (Å²) < 4.78 is 7.04. The van der Waals surface area contributed by atoms with E-state index in [1.807, 2.05) is 66.7 Å². The molecule has 166 valence electrons. The van der Waals surface area contributed by atoms with Crippen LogP contribution in [0.5, 0.6) is 5.75 Å². The van der Waals surface area contributed by atoms with Gasteiger partial charge in [-0.1, -0.05) is 36.4 Å². The van der Waals surface area contributed by atoms with Crippen molar-refractivity contribution in [1.82, 2.24) is 40.0 Å². The second-order valence-electron chi connectivity index (χ2n) is 7.75. The molecule has 10 nitrogen and oxygen atoms in total. The molecule has 6 aromatic rings. The highest BCUT2D eigenvalue weighted by molar-refractivity contribution is 6.05. The van der Waals surface area contributed by atoms with Gasteiger partial charge in [0.25, 0.3) is 0 Å². The number of aromatic nitrogens is 8. The second kappa shape index (κ2) is 7.62. The number of aryl methyl sites for hydroxylation is 1.